The lowest BCUT2D eigenvalue weighted by atomic mass is 9.77. The standard InChI is InChI=1S/C28H42F2O3/c1-2-3-20-4-6-21(7-5-20)8-9-22-18-31-27(32-19-22)25-12-10-23(11-13-25)24-14-16-26(17-15-24)33-28(29)30/h14-17,20-23,25,27-28H,2-13,18-19H2,1H3. The molecule has 1 aromatic carbocycles. The van der Waals surface area contributed by atoms with Crippen LogP contribution in [-0.4, -0.2) is 26.1 Å². The van der Waals surface area contributed by atoms with E-state index in [1.54, 1.807) is 12.1 Å². The van der Waals surface area contributed by atoms with Gasteiger partial charge >= 0.3 is 6.61 Å². The number of hydrogen-bond acceptors (Lipinski definition) is 3. The average Bonchev–Trinajstić information content (AvgIpc) is 2.84. The molecule has 0 spiro atoms. The summed E-state index contributed by atoms with van der Waals surface area (Å²) >= 11 is 0. The van der Waals surface area contributed by atoms with Crippen LogP contribution < -0.4 is 4.74 Å². The van der Waals surface area contributed by atoms with E-state index in [2.05, 4.69) is 11.7 Å². The third-order valence-corrected chi connectivity index (χ3v) is 8.37. The van der Waals surface area contributed by atoms with Gasteiger partial charge in [0.05, 0.1) is 13.2 Å². The van der Waals surface area contributed by atoms with Crippen molar-refractivity contribution in [3.05, 3.63) is 29.8 Å². The van der Waals surface area contributed by atoms with Crippen molar-refractivity contribution < 1.29 is 23.0 Å². The number of rotatable bonds is 9. The van der Waals surface area contributed by atoms with Crippen LogP contribution in [0, 0.1) is 23.7 Å². The highest BCUT2D eigenvalue weighted by Gasteiger charge is 2.33. The Bertz CT molecular complexity index is 671. The lowest BCUT2D eigenvalue weighted by molar-refractivity contribution is -0.229. The monoisotopic (exact) mass is 464 g/mol. The third kappa shape index (κ3) is 7.39. The minimum absolute atomic E-state index is 0.0477. The van der Waals surface area contributed by atoms with E-state index in [-0.39, 0.29) is 12.0 Å². The number of alkyl halides is 2. The molecule has 3 aliphatic rings. The van der Waals surface area contributed by atoms with Crippen molar-refractivity contribution in [3.8, 4) is 5.75 Å². The summed E-state index contributed by atoms with van der Waals surface area (Å²) in [6.45, 7) is 1.23. The summed E-state index contributed by atoms with van der Waals surface area (Å²) in [6.07, 6.45) is 15.4. The van der Waals surface area contributed by atoms with Gasteiger partial charge in [0.1, 0.15) is 5.75 Å². The van der Waals surface area contributed by atoms with Gasteiger partial charge in [-0.15, -0.1) is 0 Å². The molecule has 0 radical (unpaired) electrons. The number of ether oxygens (including phenoxy) is 3. The molecule has 0 N–H and O–H groups in total. The predicted octanol–water partition coefficient (Wildman–Crippen LogP) is 7.94. The van der Waals surface area contributed by atoms with Gasteiger partial charge in [-0.3, -0.25) is 0 Å². The van der Waals surface area contributed by atoms with Crippen molar-refractivity contribution in [1.29, 1.82) is 0 Å². The first-order chi connectivity index (χ1) is 16.1. The van der Waals surface area contributed by atoms with E-state index in [0.29, 0.717) is 17.8 Å². The Kier molecular flexibility index (Phi) is 9.43. The second-order valence-electron chi connectivity index (χ2n) is 10.7. The topological polar surface area (TPSA) is 27.7 Å². The Balaban J connectivity index is 1.12. The summed E-state index contributed by atoms with van der Waals surface area (Å²) in [5.74, 6) is 3.64. The quantitative estimate of drug-likeness (QED) is 0.371. The summed E-state index contributed by atoms with van der Waals surface area (Å²) in [5, 5.41) is 0. The Morgan fingerprint density at radius 3 is 1.94 bits per heavy atom. The van der Waals surface area contributed by atoms with Crippen molar-refractivity contribution in [2.24, 2.45) is 23.7 Å². The Hall–Kier alpha value is -1.20. The van der Waals surface area contributed by atoms with Crippen molar-refractivity contribution in [2.75, 3.05) is 13.2 Å². The summed E-state index contributed by atoms with van der Waals surface area (Å²) in [7, 11) is 0. The first kappa shape index (κ1) is 24.9. The van der Waals surface area contributed by atoms with Crippen molar-refractivity contribution in [2.45, 2.75) is 103 Å². The van der Waals surface area contributed by atoms with Crippen LogP contribution in [0.3, 0.4) is 0 Å². The molecule has 3 nitrogen and oxygen atoms in total. The van der Waals surface area contributed by atoms with Gasteiger partial charge in [0.2, 0.25) is 0 Å². The van der Waals surface area contributed by atoms with E-state index in [1.807, 2.05) is 12.1 Å². The summed E-state index contributed by atoms with van der Waals surface area (Å²) in [6, 6.07) is 7.16. The van der Waals surface area contributed by atoms with Gasteiger partial charge < -0.3 is 14.2 Å². The molecule has 2 aliphatic carbocycles. The normalized spacial score (nSPS) is 33.2. The zero-order valence-corrected chi connectivity index (χ0v) is 20.2. The van der Waals surface area contributed by atoms with E-state index in [4.69, 9.17) is 9.47 Å². The maximum Gasteiger partial charge on any atom is 0.387 e. The summed E-state index contributed by atoms with van der Waals surface area (Å²) in [5.41, 5.74) is 1.21. The highest BCUT2D eigenvalue weighted by Crippen LogP contribution is 2.40. The van der Waals surface area contributed by atoms with Crippen LogP contribution >= 0.6 is 0 Å². The first-order valence-corrected chi connectivity index (χ1v) is 13.4. The van der Waals surface area contributed by atoms with Crippen LogP contribution in [0.4, 0.5) is 8.78 Å². The Labute approximate surface area is 198 Å². The molecule has 186 valence electrons. The van der Waals surface area contributed by atoms with Crippen LogP contribution in [0.5, 0.6) is 5.75 Å². The van der Waals surface area contributed by atoms with Crippen LogP contribution in [0.25, 0.3) is 0 Å². The fraction of sp³-hybridized carbons (Fsp3) is 0.786. The summed E-state index contributed by atoms with van der Waals surface area (Å²) in [4.78, 5) is 0. The van der Waals surface area contributed by atoms with E-state index in [0.717, 1.165) is 50.7 Å². The highest BCUT2D eigenvalue weighted by molar-refractivity contribution is 5.29. The zero-order chi connectivity index (χ0) is 23.0. The molecular weight excluding hydrogens is 422 g/mol. The van der Waals surface area contributed by atoms with Crippen LogP contribution in [0.1, 0.15) is 95.5 Å². The second kappa shape index (κ2) is 12.5. The van der Waals surface area contributed by atoms with Crippen molar-refractivity contribution >= 4 is 0 Å². The number of benzene rings is 1. The fourth-order valence-corrected chi connectivity index (χ4v) is 6.33. The number of halogens is 2. The van der Waals surface area contributed by atoms with Gasteiger partial charge in [0, 0.05) is 11.8 Å². The molecule has 33 heavy (non-hydrogen) atoms. The van der Waals surface area contributed by atoms with Gasteiger partial charge in [0.15, 0.2) is 6.29 Å². The molecule has 2 saturated carbocycles. The lowest BCUT2D eigenvalue weighted by Crippen LogP contribution is -2.38. The van der Waals surface area contributed by atoms with Crippen molar-refractivity contribution in [3.63, 3.8) is 0 Å². The molecule has 1 heterocycles. The molecule has 0 bridgehead atoms. The highest BCUT2D eigenvalue weighted by atomic mass is 19.3. The minimum atomic E-state index is -2.77. The van der Waals surface area contributed by atoms with Gasteiger partial charge in [-0.1, -0.05) is 64.0 Å². The predicted molar refractivity (Wildman–Crippen MR) is 127 cm³/mol. The van der Waals surface area contributed by atoms with Crippen LogP contribution in [0.2, 0.25) is 0 Å². The third-order valence-electron chi connectivity index (χ3n) is 8.37. The average molecular weight is 465 g/mol. The molecule has 1 aromatic rings. The Morgan fingerprint density at radius 1 is 0.788 bits per heavy atom. The first-order valence-electron chi connectivity index (χ1n) is 13.4. The number of hydrogen-bond donors (Lipinski definition) is 0. The van der Waals surface area contributed by atoms with Gasteiger partial charge in [-0.25, -0.2) is 0 Å². The molecular formula is C28H42F2O3. The molecule has 1 aliphatic heterocycles. The fourth-order valence-electron chi connectivity index (χ4n) is 6.33. The van der Waals surface area contributed by atoms with Crippen LogP contribution in [0.15, 0.2) is 24.3 Å². The minimum Gasteiger partial charge on any atom is -0.435 e. The summed E-state index contributed by atoms with van der Waals surface area (Å²) < 4.78 is 41.5. The van der Waals surface area contributed by atoms with Gasteiger partial charge in [-0.05, 0) is 67.6 Å². The second-order valence-corrected chi connectivity index (χ2v) is 10.7. The molecule has 0 atom stereocenters. The van der Waals surface area contributed by atoms with Crippen molar-refractivity contribution in [1.82, 2.24) is 0 Å². The van der Waals surface area contributed by atoms with E-state index < -0.39 is 6.61 Å². The zero-order valence-electron chi connectivity index (χ0n) is 20.2. The molecule has 0 amide bonds. The smallest absolute Gasteiger partial charge is 0.387 e. The molecule has 4 rings (SSSR count). The largest absolute Gasteiger partial charge is 0.435 e. The molecule has 1 saturated heterocycles. The maximum atomic E-state index is 12.3. The molecule has 5 heteroatoms. The van der Waals surface area contributed by atoms with Crippen LogP contribution in [-0.2, 0) is 9.47 Å². The molecule has 0 unspecified atom stereocenters. The molecule has 3 fully saturated rings. The Morgan fingerprint density at radius 2 is 1.36 bits per heavy atom. The van der Waals surface area contributed by atoms with E-state index in [9.17, 15) is 8.78 Å². The lowest BCUT2D eigenvalue weighted by Gasteiger charge is -2.38. The van der Waals surface area contributed by atoms with Gasteiger partial charge in [0.25, 0.3) is 0 Å². The van der Waals surface area contributed by atoms with Gasteiger partial charge in [-0.2, -0.15) is 8.78 Å². The SMILES string of the molecule is CCCC1CCC(CCC2COC(C3CCC(c4ccc(OC(F)F)cc4)CC3)OC2)CC1. The molecule has 0 aromatic heterocycles. The van der Waals surface area contributed by atoms with E-state index >= 15 is 0 Å². The maximum absolute atomic E-state index is 12.3. The van der Waals surface area contributed by atoms with E-state index in [1.165, 1.54) is 56.9 Å².